The third-order valence-electron chi connectivity index (χ3n) is 11.1. The van der Waals surface area contributed by atoms with Crippen LogP contribution in [-0.2, 0) is 19.1 Å². The van der Waals surface area contributed by atoms with Crippen LogP contribution in [0.15, 0.2) is 21.5 Å². The maximum atomic E-state index is 14.2. The fourth-order valence-corrected chi connectivity index (χ4v) is 9.57. The van der Waals surface area contributed by atoms with Gasteiger partial charge in [0.1, 0.15) is 11.9 Å². The summed E-state index contributed by atoms with van der Waals surface area (Å²) in [5, 5.41) is 20.9. The van der Waals surface area contributed by atoms with Crippen LogP contribution in [0.4, 0.5) is 0 Å². The first-order valence-corrected chi connectivity index (χ1v) is 14.5. The van der Waals surface area contributed by atoms with Gasteiger partial charge < -0.3 is 14.9 Å². The molecule has 0 aromatic heterocycles. The zero-order chi connectivity index (χ0) is 27.5. The van der Waals surface area contributed by atoms with Gasteiger partial charge in [-0.05, 0) is 84.5 Å². The van der Waals surface area contributed by atoms with Crippen molar-refractivity contribution in [2.24, 2.45) is 39.9 Å². The second-order valence-corrected chi connectivity index (χ2v) is 14.1. The Morgan fingerprint density at radius 3 is 2.41 bits per heavy atom. The van der Waals surface area contributed by atoms with Crippen molar-refractivity contribution in [3.8, 4) is 0 Å². The first kappa shape index (κ1) is 28.8. The summed E-state index contributed by atoms with van der Waals surface area (Å²) < 4.78 is 6.33. The summed E-state index contributed by atoms with van der Waals surface area (Å²) in [4.78, 5) is 38.9. The van der Waals surface area contributed by atoms with Crippen LogP contribution in [0, 0.1) is 39.9 Å². The Hall–Kier alpha value is -1.25. The molecule has 0 saturated heterocycles. The smallest absolute Gasteiger partial charge is 0.331 e. The van der Waals surface area contributed by atoms with Gasteiger partial charge in [-0.3, -0.25) is 9.59 Å². The predicted molar refractivity (Wildman–Crippen MR) is 148 cm³/mol. The van der Waals surface area contributed by atoms with Crippen LogP contribution in [-0.4, -0.2) is 40.1 Å². The molecule has 2 N–H and O–H groups in total. The molecule has 4 saturated carbocycles. The summed E-state index contributed by atoms with van der Waals surface area (Å²) in [5.41, 5.74) is -0.124. The minimum atomic E-state index is -1.03. The van der Waals surface area contributed by atoms with Crippen molar-refractivity contribution in [3.05, 3.63) is 21.5 Å². The lowest BCUT2D eigenvalue weighted by Gasteiger charge is -2.66. The predicted octanol–water partition coefficient (Wildman–Crippen LogP) is 5.61. The molecule has 0 unspecified atom stereocenters. The van der Waals surface area contributed by atoms with E-state index in [9.17, 15) is 24.6 Å². The van der Waals surface area contributed by atoms with Crippen LogP contribution in [0.3, 0.4) is 0 Å². The summed E-state index contributed by atoms with van der Waals surface area (Å²) in [6, 6.07) is 0. The lowest BCUT2D eigenvalue weighted by molar-refractivity contribution is -0.198. The third-order valence-corrected chi connectivity index (χ3v) is 11.5. The fourth-order valence-electron chi connectivity index (χ4n) is 9.31. The number of carboxylic acids is 1. The number of ketones is 1. The summed E-state index contributed by atoms with van der Waals surface area (Å²) in [6.45, 7) is 10.2. The average Bonchev–Trinajstić information content (AvgIpc) is 3.05. The third kappa shape index (κ3) is 4.53. The Morgan fingerprint density at radius 1 is 1.14 bits per heavy atom. The molecule has 0 spiro atoms. The van der Waals surface area contributed by atoms with E-state index in [-0.39, 0.29) is 64.8 Å². The molecule has 37 heavy (non-hydrogen) atoms. The van der Waals surface area contributed by atoms with E-state index in [2.05, 4.69) is 53.0 Å². The second-order valence-electron chi connectivity index (χ2n) is 12.7. The van der Waals surface area contributed by atoms with E-state index < -0.39 is 23.5 Å². The minimum Gasteiger partial charge on any atom is -0.478 e. The van der Waals surface area contributed by atoms with Crippen LogP contribution >= 0.6 is 25.3 Å². The number of allylic oxidation sites excluding steroid dienone is 1. The molecule has 0 amide bonds. The molecule has 0 radical (unpaired) electrons. The number of aliphatic hydroxyl groups excluding tert-OH is 1. The van der Waals surface area contributed by atoms with Crippen molar-refractivity contribution in [2.75, 3.05) is 0 Å². The first-order chi connectivity index (χ1) is 17.2. The standard InChI is InChI=1S/C29H42O6S2/c1-15-18-9-12-28(4)25(27(18,3)11-10-20(15)31)21(32)13-19-24(17(26(33)34)7-6-8-23(36)37)22(35-16(2)30)14-29(19,28)5/h8,15,18-20,22,25,31,36-37H,6-7,9-14H2,1-5H3,(H,33,34)/b24-17-/t15-,18-,19-,20+,22-,25-,27-,28-,29-/m0/s1. The Morgan fingerprint density at radius 2 is 1.81 bits per heavy atom. The average molecular weight is 551 g/mol. The van der Waals surface area contributed by atoms with Crippen molar-refractivity contribution in [2.45, 2.75) is 98.2 Å². The van der Waals surface area contributed by atoms with E-state index in [0.717, 1.165) is 19.3 Å². The van der Waals surface area contributed by atoms with Gasteiger partial charge in [0.25, 0.3) is 0 Å². The van der Waals surface area contributed by atoms with E-state index >= 15 is 0 Å². The molecule has 4 aliphatic carbocycles. The van der Waals surface area contributed by atoms with E-state index in [1.54, 1.807) is 6.08 Å². The number of thiol groups is 2. The highest BCUT2D eigenvalue weighted by atomic mass is 32.2. The first-order valence-electron chi connectivity index (χ1n) is 13.6. The molecular weight excluding hydrogens is 508 g/mol. The summed E-state index contributed by atoms with van der Waals surface area (Å²) in [7, 11) is 0. The number of fused-ring (bicyclic) bond motifs is 5. The van der Waals surface area contributed by atoms with Crippen molar-refractivity contribution in [3.63, 3.8) is 0 Å². The number of rotatable bonds is 5. The number of hydrogen-bond acceptors (Lipinski definition) is 7. The van der Waals surface area contributed by atoms with Crippen molar-refractivity contribution in [1.29, 1.82) is 0 Å². The number of esters is 1. The maximum absolute atomic E-state index is 14.2. The summed E-state index contributed by atoms with van der Waals surface area (Å²) in [6.07, 6.45) is 5.52. The monoisotopic (exact) mass is 550 g/mol. The lowest BCUT2D eigenvalue weighted by atomic mass is 9.37. The molecule has 9 atom stereocenters. The molecule has 6 nitrogen and oxygen atoms in total. The van der Waals surface area contributed by atoms with E-state index in [1.807, 2.05) is 0 Å². The normalized spacial score (nSPS) is 44.3. The maximum Gasteiger partial charge on any atom is 0.331 e. The van der Waals surface area contributed by atoms with Gasteiger partial charge in [-0.25, -0.2) is 4.79 Å². The lowest BCUT2D eigenvalue weighted by Crippen LogP contribution is -2.64. The van der Waals surface area contributed by atoms with Crippen LogP contribution in [0.5, 0.6) is 0 Å². The molecule has 0 bridgehead atoms. The number of carbonyl (C=O) groups is 3. The summed E-state index contributed by atoms with van der Waals surface area (Å²) in [5.74, 6) is -1.32. The van der Waals surface area contributed by atoms with Gasteiger partial charge in [0.15, 0.2) is 0 Å². The van der Waals surface area contributed by atoms with Crippen LogP contribution in [0.1, 0.15) is 86.0 Å². The molecule has 0 aromatic rings. The largest absolute Gasteiger partial charge is 0.478 e. The zero-order valence-electron chi connectivity index (χ0n) is 22.6. The van der Waals surface area contributed by atoms with Gasteiger partial charge >= 0.3 is 11.9 Å². The number of aliphatic carboxylic acids is 1. The number of ether oxygens (including phenoxy) is 1. The van der Waals surface area contributed by atoms with Crippen molar-refractivity contribution < 1.29 is 29.3 Å². The SMILES string of the molecule is CC(=O)O[C@H]1C[C@@]2(C)[C@@H](CC(=O)[C@H]3[C@@]4(C)CC[C@@H](O)[C@@H](C)[C@@H]4CC[C@@]32C)/C1=C(\CCC=C(S)S)C(=O)O. The number of aliphatic hydroxyl groups is 1. The topological polar surface area (TPSA) is 101 Å². The number of carboxylic acid groups (broad SMARTS) is 1. The minimum absolute atomic E-state index is 0.143. The molecule has 4 rings (SSSR count). The molecule has 4 aliphatic rings. The van der Waals surface area contributed by atoms with Crippen molar-refractivity contribution in [1.82, 2.24) is 0 Å². The van der Waals surface area contributed by atoms with E-state index in [1.165, 1.54) is 6.92 Å². The van der Waals surface area contributed by atoms with Gasteiger partial charge in [-0.1, -0.05) is 33.8 Å². The van der Waals surface area contributed by atoms with E-state index in [4.69, 9.17) is 4.74 Å². The molecule has 0 aromatic carbocycles. The molecule has 0 heterocycles. The highest BCUT2D eigenvalue weighted by Crippen LogP contribution is 2.73. The Labute approximate surface area is 231 Å². The fraction of sp³-hybridized carbons (Fsp3) is 0.759. The van der Waals surface area contributed by atoms with Crippen LogP contribution in [0.25, 0.3) is 0 Å². The molecule has 8 heteroatoms. The highest BCUT2D eigenvalue weighted by molar-refractivity contribution is 8.05. The van der Waals surface area contributed by atoms with Crippen molar-refractivity contribution >= 4 is 43.0 Å². The zero-order valence-corrected chi connectivity index (χ0v) is 24.4. The molecule has 206 valence electrons. The second kappa shape index (κ2) is 10.1. The van der Waals surface area contributed by atoms with Gasteiger partial charge in [-0.15, -0.1) is 25.3 Å². The summed E-state index contributed by atoms with van der Waals surface area (Å²) >= 11 is 8.35. The van der Waals surface area contributed by atoms with Gasteiger partial charge in [0.05, 0.1) is 6.10 Å². The molecular formula is C29H42O6S2. The van der Waals surface area contributed by atoms with E-state index in [0.29, 0.717) is 29.1 Å². The van der Waals surface area contributed by atoms with Gasteiger partial charge in [0.2, 0.25) is 0 Å². The highest BCUT2D eigenvalue weighted by Gasteiger charge is 2.71. The van der Waals surface area contributed by atoms with Gasteiger partial charge in [0, 0.05) is 29.1 Å². The Balaban J connectivity index is 1.83. The number of hydrogen-bond donors (Lipinski definition) is 4. The Bertz CT molecular complexity index is 1050. The van der Waals surface area contributed by atoms with Crippen LogP contribution in [0.2, 0.25) is 0 Å². The van der Waals surface area contributed by atoms with Gasteiger partial charge in [-0.2, -0.15) is 0 Å². The Kier molecular flexibility index (Phi) is 7.81. The quantitative estimate of drug-likeness (QED) is 0.202. The van der Waals surface area contributed by atoms with Crippen LogP contribution < -0.4 is 0 Å². The molecule has 0 aliphatic heterocycles. The number of Topliss-reactive ketones (excluding diaryl/α,β-unsaturated/α-hetero) is 1. The number of carbonyl (C=O) groups excluding carboxylic acids is 2. The molecule has 4 fully saturated rings.